The lowest BCUT2D eigenvalue weighted by Crippen LogP contribution is -2.31. The normalized spacial score (nSPS) is 19.0. The molecule has 1 fully saturated rings. The average molecular weight is 335 g/mol. The fraction of sp³-hybridized carbons (Fsp3) is 0.462. The molecule has 0 spiro atoms. The summed E-state index contributed by atoms with van der Waals surface area (Å²) in [7, 11) is -3.53. The van der Waals surface area contributed by atoms with Gasteiger partial charge in [0.25, 0.3) is 0 Å². The second-order valence-corrected chi connectivity index (χ2v) is 6.59. The van der Waals surface area contributed by atoms with Gasteiger partial charge in [0.05, 0.1) is 17.1 Å². The van der Waals surface area contributed by atoms with Crippen molar-refractivity contribution in [3.63, 3.8) is 0 Å². The Morgan fingerprint density at radius 2 is 2.00 bits per heavy atom. The quantitative estimate of drug-likeness (QED) is 0.830. The van der Waals surface area contributed by atoms with Crippen LogP contribution in [0.5, 0.6) is 0 Å². The summed E-state index contributed by atoms with van der Waals surface area (Å²) in [5.74, 6) is -0.459. The number of carbonyl (C=O) groups excluding carboxylic acids is 1. The second kappa shape index (κ2) is 7.22. The molecule has 8 heteroatoms. The summed E-state index contributed by atoms with van der Waals surface area (Å²) < 4.78 is 30.9. The first-order chi connectivity index (χ1) is 9.45. The molecule has 0 aromatic heterocycles. The van der Waals surface area contributed by atoms with Gasteiger partial charge in [-0.05, 0) is 37.6 Å². The number of sulfonamides is 1. The molecule has 1 saturated heterocycles. The summed E-state index contributed by atoms with van der Waals surface area (Å²) in [6.07, 6.45) is 0.667. The number of esters is 1. The Labute approximate surface area is 130 Å². The van der Waals surface area contributed by atoms with Crippen LogP contribution in [-0.2, 0) is 14.8 Å². The largest absolute Gasteiger partial charge is 0.462 e. The molecular formula is C13H19ClN2O4S. The van der Waals surface area contributed by atoms with Gasteiger partial charge in [-0.2, -0.15) is 4.31 Å². The molecule has 1 heterocycles. The first-order valence-electron chi connectivity index (χ1n) is 6.48. The monoisotopic (exact) mass is 334 g/mol. The van der Waals surface area contributed by atoms with Crippen molar-refractivity contribution in [3.8, 4) is 0 Å². The van der Waals surface area contributed by atoms with Crippen LogP contribution in [0, 0.1) is 0 Å². The van der Waals surface area contributed by atoms with Crippen molar-refractivity contribution in [2.45, 2.75) is 24.3 Å². The third-order valence-corrected chi connectivity index (χ3v) is 5.07. The summed E-state index contributed by atoms with van der Waals surface area (Å²) in [5.41, 5.74) is 6.07. The minimum absolute atomic E-state index is 0. The lowest BCUT2D eigenvalue weighted by Gasteiger charge is -2.16. The summed E-state index contributed by atoms with van der Waals surface area (Å²) >= 11 is 0. The Morgan fingerprint density at radius 1 is 1.38 bits per heavy atom. The van der Waals surface area contributed by atoms with Crippen LogP contribution in [0.25, 0.3) is 0 Å². The first kappa shape index (κ1) is 17.9. The number of hydrogen-bond acceptors (Lipinski definition) is 5. The van der Waals surface area contributed by atoms with Gasteiger partial charge >= 0.3 is 5.97 Å². The van der Waals surface area contributed by atoms with Gasteiger partial charge in [0.1, 0.15) is 0 Å². The maximum Gasteiger partial charge on any atom is 0.338 e. The Bertz CT molecular complexity index is 589. The summed E-state index contributed by atoms with van der Waals surface area (Å²) in [5, 5.41) is 0. The highest BCUT2D eigenvalue weighted by Gasteiger charge is 2.30. The van der Waals surface area contributed by atoms with E-state index in [1.54, 1.807) is 6.92 Å². The standard InChI is InChI=1S/C13H18N2O4S.ClH/c1-2-19-13(16)10-3-5-12(6-4-10)20(17,18)15-8-7-11(14)9-15;/h3-6,11H,2,7-9,14H2,1H3;1H. The topological polar surface area (TPSA) is 89.7 Å². The molecule has 2 rings (SSSR count). The molecule has 1 unspecified atom stereocenters. The highest BCUT2D eigenvalue weighted by atomic mass is 35.5. The molecule has 0 saturated carbocycles. The molecule has 0 radical (unpaired) electrons. The molecule has 6 nitrogen and oxygen atoms in total. The second-order valence-electron chi connectivity index (χ2n) is 4.66. The molecule has 1 aliphatic heterocycles. The van der Waals surface area contributed by atoms with E-state index in [4.69, 9.17) is 10.5 Å². The number of halogens is 1. The van der Waals surface area contributed by atoms with Gasteiger partial charge < -0.3 is 10.5 Å². The molecule has 1 aromatic carbocycles. The molecular weight excluding hydrogens is 316 g/mol. The van der Waals surface area contributed by atoms with Crippen LogP contribution in [-0.4, -0.2) is 44.4 Å². The molecule has 1 aromatic rings. The van der Waals surface area contributed by atoms with Crippen LogP contribution in [0.4, 0.5) is 0 Å². The highest BCUT2D eigenvalue weighted by Crippen LogP contribution is 2.21. The fourth-order valence-electron chi connectivity index (χ4n) is 2.10. The maximum absolute atomic E-state index is 12.3. The number of benzene rings is 1. The maximum atomic E-state index is 12.3. The summed E-state index contributed by atoms with van der Waals surface area (Å²) in [6.45, 7) is 2.77. The zero-order chi connectivity index (χ0) is 14.8. The van der Waals surface area contributed by atoms with Gasteiger partial charge in [0.15, 0.2) is 0 Å². The third-order valence-electron chi connectivity index (χ3n) is 3.19. The van der Waals surface area contributed by atoms with Crippen molar-refractivity contribution in [1.82, 2.24) is 4.31 Å². The van der Waals surface area contributed by atoms with Crippen LogP contribution in [0.1, 0.15) is 23.7 Å². The smallest absolute Gasteiger partial charge is 0.338 e. The van der Waals surface area contributed by atoms with Gasteiger partial charge in [-0.25, -0.2) is 13.2 Å². The van der Waals surface area contributed by atoms with Crippen LogP contribution >= 0.6 is 12.4 Å². The van der Waals surface area contributed by atoms with E-state index < -0.39 is 16.0 Å². The molecule has 0 aliphatic carbocycles. The highest BCUT2D eigenvalue weighted by molar-refractivity contribution is 7.89. The van der Waals surface area contributed by atoms with Gasteiger partial charge in [0.2, 0.25) is 10.0 Å². The van der Waals surface area contributed by atoms with Crippen molar-refractivity contribution in [1.29, 1.82) is 0 Å². The van der Waals surface area contributed by atoms with Crippen molar-refractivity contribution in [2.75, 3.05) is 19.7 Å². The lowest BCUT2D eigenvalue weighted by molar-refractivity contribution is 0.0526. The minimum Gasteiger partial charge on any atom is -0.462 e. The molecule has 118 valence electrons. The van der Waals surface area contributed by atoms with Crippen LogP contribution in [0.15, 0.2) is 29.2 Å². The first-order valence-corrected chi connectivity index (χ1v) is 7.92. The van der Waals surface area contributed by atoms with Crippen LogP contribution in [0.2, 0.25) is 0 Å². The number of hydrogen-bond donors (Lipinski definition) is 1. The average Bonchev–Trinajstić information content (AvgIpc) is 2.86. The van der Waals surface area contributed by atoms with Crippen molar-refractivity contribution >= 4 is 28.4 Å². The van der Waals surface area contributed by atoms with E-state index in [9.17, 15) is 13.2 Å². The fourth-order valence-corrected chi connectivity index (χ4v) is 3.61. The molecule has 0 amide bonds. The number of rotatable bonds is 4. The Hall–Kier alpha value is -1.15. The van der Waals surface area contributed by atoms with Crippen LogP contribution < -0.4 is 5.73 Å². The van der Waals surface area contributed by atoms with E-state index in [1.807, 2.05) is 0 Å². The predicted molar refractivity (Wildman–Crippen MR) is 81.0 cm³/mol. The van der Waals surface area contributed by atoms with Gasteiger partial charge in [-0.15, -0.1) is 12.4 Å². The van der Waals surface area contributed by atoms with E-state index in [0.29, 0.717) is 25.1 Å². The van der Waals surface area contributed by atoms with E-state index in [2.05, 4.69) is 0 Å². The van der Waals surface area contributed by atoms with Gasteiger partial charge in [-0.3, -0.25) is 0 Å². The van der Waals surface area contributed by atoms with Crippen LogP contribution in [0.3, 0.4) is 0 Å². The Balaban J connectivity index is 0.00000220. The zero-order valence-corrected chi connectivity index (χ0v) is 13.3. The molecule has 2 N–H and O–H groups in total. The van der Waals surface area contributed by atoms with Crippen molar-refractivity contribution in [2.24, 2.45) is 5.73 Å². The third kappa shape index (κ3) is 3.94. The number of nitrogens with zero attached hydrogens (tertiary/aromatic N) is 1. The van der Waals surface area contributed by atoms with E-state index >= 15 is 0 Å². The molecule has 1 atom stereocenters. The predicted octanol–water partition coefficient (Wildman–Crippen LogP) is 1.01. The van der Waals surface area contributed by atoms with E-state index in [-0.39, 0.29) is 30.0 Å². The number of nitrogens with two attached hydrogens (primary N) is 1. The van der Waals surface area contributed by atoms with Gasteiger partial charge in [-0.1, -0.05) is 0 Å². The van der Waals surface area contributed by atoms with Crippen molar-refractivity contribution < 1.29 is 17.9 Å². The Morgan fingerprint density at radius 3 is 2.48 bits per heavy atom. The summed E-state index contributed by atoms with van der Waals surface area (Å²) in [6, 6.07) is 5.65. The summed E-state index contributed by atoms with van der Waals surface area (Å²) in [4.78, 5) is 11.7. The SMILES string of the molecule is CCOC(=O)c1ccc(S(=O)(=O)N2CCC(N)C2)cc1.Cl. The molecule has 1 aliphatic rings. The van der Waals surface area contributed by atoms with E-state index in [1.165, 1.54) is 28.6 Å². The van der Waals surface area contributed by atoms with E-state index in [0.717, 1.165) is 0 Å². The molecule has 0 bridgehead atoms. The Kier molecular flexibility index (Phi) is 6.15. The zero-order valence-electron chi connectivity index (χ0n) is 11.7. The number of carbonyl (C=O) groups is 1. The molecule has 21 heavy (non-hydrogen) atoms. The number of ether oxygens (including phenoxy) is 1. The minimum atomic E-state index is -3.53. The van der Waals surface area contributed by atoms with Crippen molar-refractivity contribution in [3.05, 3.63) is 29.8 Å². The lowest BCUT2D eigenvalue weighted by atomic mass is 10.2. The van der Waals surface area contributed by atoms with Gasteiger partial charge in [0, 0.05) is 19.1 Å².